The maximum absolute atomic E-state index is 13.1. The first-order valence-corrected chi connectivity index (χ1v) is 10.1. The number of ether oxygens (including phenoxy) is 2. The Kier molecular flexibility index (Phi) is 5.34. The third-order valence-corrected chi connectivity index (χ3v) is 6.07. The molecule has 3 heterocycles. The molecule has 0 bridgehead atoms. The fourth-order valence-corrected chi connectivity index (χ4v) is 4.61. The van der Waals surface area contributed by atoms with E-state index >= 15 is 0 Å². The van der Waals surface area contributed by atoms with Crippen molar-refractivity contribution >= 4 is 17.2 Å². The summed E-state index contributed by atoms with van der Waals surface area (Å²) < 4.78 is 12.9. The normalized spacial score (nSPS) is 15.9. The Morgan fingerprint density at radius 1 is 1.29 bits per heavy atom. The zero-order valence-corrected chi connectivity index (χ0v) is 16.8. The van der Waals surface area contributed by atoms with Gasteiger partial charge >= 0.3 is 0 Å². The zero-order chi connectivity index (χ0) is 19.5. The molecule has 0 fully saturated rings. The molecule has 2 aromatic heterocycles. The first kappa shape index (κ1) is 18.6. The third kappa shape index (κ3) is 3.49. The summed E-state index contributed by atoms with van der Waals surface area (Å²) in [5.74, 6) is 1.56. The number of carbonyl (C=O) groups excluding carboxylic acids is 1. The maximum atomic E-state index is 13.1. The van der Waals surface area contributed by atoms with Gasteiger partial charge in [-0.1, -0.05) is 6.07 Å². The molecule has 3 aromatic rings. The van der Waals surface area contributed by atoms with Gasteiger partial charge in [0.2, 0.25) is 5.91 Å². The molecule has 28 heavy (non-hydrogen) atoms. The van der Waals surface area contributed by atoms with E-state index in [2.05, 4.69) is 16.4 Å². The van der Waals surface area contributed by atoms with Crippen molar-refractivity contribution in [3.05, 3.63) is 64.4 Å². The summed E-state index contributed by atoms with van der Waals surface area (Å²) >= 11 is 1.67. The lowest BCUT2D eigenvalue weighted by Crippen LogP contribution is -2.40. The van der Waals surface area contributed by atoms with Crippen LogP contribution in [0.25, 0.3) is 0 Å². The highest BCUT2D eigenvalue weighted by atomic mass is 32.1. The number of hydrogen-bond acceptors (Lipinski definition) is 5. The molecule has 0 saturated heterocycles. The molecule has 0 saturated carbocycles. The smallest absolute Gasteiger partial charge is 0.225 e. The second kappa shape index (κ2) is 8.06. The number of thiophene rings is 1. The van der Waals surface area contributed by atoms with Crippen molar-refractivity contribution in [2.24, 2.45) is 0 Å². The van der Waals surface area contributed by atoms with Crippen molar-refractivity contribution < 1.29 is 14.3 Å². The first-order valence-electron chi connectivity index (χ1n) is 9.24. The van der Waals surface area contributed by atoms with E-state index in [1.54, 1.807) is 38.1 Å². The predicted octanol–water partition coefficient (Wildman–Crippen LogP) is 3.53. The SMILES string of the molecule is COc1cc2c(cc1OC)C(c1cccs1)N(C(=O)CCn1ccnc1)CC2. The number of aryl methyl sites for hydroxylation is 1. The van der Waals surface area contributed by atoms with Crippen LogP contribution in [0.2, 0.25) is 0 Å². The van der Waals surface area contributed by atoms with E-state index in [1.165, 1.54) is 5.56 Å². The Bertz CT molecular complexity index is 938. The molecule has 4 rings (SSSR count). The van der Waals surface area contributed by atoms with Crippen LogP contribution in [0.1, 0.15) is 28.5 Å². The molecule has 0 spiro atoms. The standard InChI is InChI=1S/C21H23N3O3S/c1-26-17-12-15-5-9-24(20(25)6-8-23-10-7-22-14-23)21(19-4-3-11-28-19)16(15)13-18(17)27-2/h3-4,7,10-14,21H,5-6,8-9H2,1-2H3. The van der Waals surface area contributed by atoms with Crippen molar-refractivity contribution in [3.63, 3.8) is 0 Å². The van der Waals surface area contributed by atoms with Crippen molar-refractivity contribution in [1.82, 2.24) is 14.5 Å². The molecule has 6 nitrogen and oxygen atoms in total. The zero-order valence-electron chi connectivity index (χ0n) is 16.0. The monoisotopic (exact) mass is 397 g/mol. The number of methoxy groups -OCH3 is 2. The van der Waals surface area contributed by atoms with Crippen molar-refractivity contribution in [1.29, 1.82) is 0 Å². The van der Waals surface area contributed by atoms with E-state index < -0.39 is 0 Å². The van der Waals surface area contributed by atoms with Gasteiger partial charge in [0.1, 0.15) is 0 Å². The summed E-state index contributed by atoms with van der Waals surface area (Å²) in [5.41, 5.74) is 2.32. The fourth-order valence-electron chi connectivity index (χ4n) is 3.76. The predicted molar refractivity (Wildman–Crippen MR) is 108 cm³/mol. The average Bonchev–Trinajstić information content (AvgIpc) is 3.44. The molecule has 1 unspecified atom stereocenters. The Morgan fingerprint density at radius 2 is 2.11 bits per heavy atom. The van der Waals surface area contributed by atoms with Gasteiger partial charge in [0.25, 0.3) is 0 Å². The average molecular weight is 398 g/mol. The van der Waals surface area contributed by atoms with E-state index in [1.807, 2.05) is 33.9 Å². The quantitative estimate of drug-likeness (QED) is 0.639. The number of hydrogen-bond donors (Lipinski definition) is 0. The Morgan fingerprint density at radius 3 is 2.79 bits per heavy atom. The topological polar surface area (TPSA) is 56.6 Å². The molecule has 1 amide bonds. The molecule has 0 aliphatic carbocycles. The first-order chi connectivity index (χ1) is 13.7. The van der Waals surface area contributed by atoms with E-state index in [9.17, 15) is 4.79 Å². The van der Waals surface area contributed by atoms with Gasteiger partial charge in [0, 0.05) is 36.8 Å². The molecule has 1 atom stereocenters. The minimum atomic E-state index is -0.0983. The minimum Gasteiger partial charge on any atom is -0.493 e. The molecule has 1 aliphatic rings. The van der Waals surface area contributed by atoms with Crippen LogP contribution in [0.5, 0.6) is 11.5 Å². The maximum Gasteiger partial charge on any atom is 0.225 e. The molecule has 7 heteroatoms. The van der Waals surface area contributed by atoms with Crippen LogP contribution >= 0.6 is 11.3 Å². The highest BCUT2D eigenvalue weighted by Crippen LogP contribution is 2.42. The lowest BCUT2D eigenvalue weighted by Gasteiger charge is -2.37. The van der Waals surface area contributed by atoms with Crippen LogP contribution in [-0.2, 0) is 17.8 Å². The summed E-state index contributed by atoms with van der Waals surface area (Å²) in [6.07, 6.45) is 6.60. The van der Waals surface area contributed by atoms with Crippen LogP contribution in [0.3, 0.4) is 0 Å². The Labute approximate surface area is 168 Å². The Balaban J connectivity index is 1.67. The summed E-state index contributed by atoms with van der Waals surface area (Å²) in [4.78, 5) is 20.3. The van der Waals surface area contributed by atoms with Gasteiger partial charge in [-0.2, -0.15) is 0 Å². The van der Waals surface area contributed by atoms with Gasteiger partial charge in [-0.25, -0.2) is 4.98 Å². The van der Waals surface area contributed by atoms with E-state index in [0.29, 0.717) is 25.3 Å². The van der Waals surface area contributed by atoms with Crippen molar-refractivity contribution in [2.45, 2.75) is 25.4 Å². The number of aromatic nitrogens is 2. The molecule has 1 aromatic carbocycles. The molecule has 1 aliphatic heterocycles. The summed E-state index contributed by atoms with van der Waals surface area (Å²) in [6.45, 7) is 1.32. The lowest BCUT2D eigenvalue weighted by molar-refractivity contribution is -0.133. The molecule has 0 radical (unpaired) electrons. The largest absolute Gasteiger partial charge is 0.493 e. The highest BCUT2D eigenvalue weighted by molar-refractivity contribution is 7.10. The highest BCUT2D eigenvalue weighted by Gasteiger charge is 2.33. The second-order valence-corrected chi connectivity index (χ2v) is 7.69. The van der Waals surface area contributed by atoms with Crippen LogP contribution in [0.15, 0.2) is 48.4 Å². The van der Waals surface area contributed by atoms with Gasteiger partial charge in [0.05, 0.1) is 26.6 Å². The number of amides is 1. The van der Waals surface area contributed by atoms with E-state index in [4.69, 9.17) is 9.47 Å². The van der Waals surface area contributed by atoms with E-state index in [0.717, 1.165) is 22.6 Å². The summed E-state index contributed by atoms with van der Waals surface area (Å²) in [5, 5.41) is 2.05. The number of benzene rings is 1. The number of rotatable bonds is 6. The van der Waals surface area contributed by atoms with Crippen LogP contribution in [0.4, 0.5) is 0 Å². The number of nitrogens with zero attached hydrogens (tertiary/aromatic N) is 3. The Hall–Kier alpha value is -2.80. The molecular formula is C21H23N3O3S. The summed E-state index contributed by atoms with van der Waals surface area (Å²) in [7, 11) is 3.29. The molecule has 146 valence electrons. The molecule has 0 N–H and O–H groups in total. The van der Waals surface area contributed by atoms with Gasteiger partial charge in [0.15, 0.2) is 11.5 Å². The van der Waals surface area contributed by atoms with Gasteiger partial charge in [-0.3, -0.25) is 4.79 Å². The second-order valence-electron chi connectivity index (χ2n) is 6.71. The van der Waals surface area contributed by atoms with Crippen molar-refractivity contribution in [2.75, 3.05) is 20.8 Å². The van der Waals surface area contributed by atoms with Crippen LogP contribution in [0, 0.1) is 0 Å². The van der Waals surface area contributed by atoms with Crippen LogP contribution < -0.4 is 9.47 Å². The summed E-state index contributed by atoms with van der Waals surface area (Å²) in [6, 6.07) is 8.09. The van der Waals surface area contributed by atoms with Gasteiger partial charge in [-0.05, 0) is 41.1 Å². The number of imidazole rings is 1. The third-order valence-electron chi connectivity index (χ3n) is 5.15. The van der Waals surface area contributed by atoms with Gasteiger partial charge < -0.3 is 18.9 Å². The van der Waals surface area contributed by atoms with Crippen molar-refractivity contribution in [3.8, 4) is 11.5 Å². The number of fused-ring (bicyclic) bond motifs is 1. The minimum absolute atomic E-state index is 0.0983. The fraction of sp³-hybridized carbons (Fsp3) is 0.333. The van der Waals surface area contributed by atoms with Crippen LogP contribution in [-0.4, -0.2) is 41.1 Å². The lowest BCUT2D eigenvalue weighted by atomic mass is 9.90. The van der Waals surface area contributed by atoms with E-state index in [-0.39, 0.29) is 11.9 Å². The molecular weight excluding hydrogens is 374 g/mol. The van der Waals surface area contributed by atoms with Gasteiger partial charge in [-0.15, -0.1) is 11.3 Å². The number of carbonyl (C=O) groups is 1.